The third-order valence-electron chi connectivity index (χ3n) is 3.59. The van der Waals surface area contributed by atoms with Crippen molar-refractivity contribution in [1.29, 1.82) is 0 Å². The number of sulfonamides is 1. The van der Waals surface area contributed by atoms with Crippen molar-refractivity contribution in [3.63, 3.8) is 0 Å². The fraction of sp³-hybridized carbons (Fsp3) is 0.200. The zero-order valence-electron chi connectivity index (χ0n) is 13.3. The van der Waals surface area contributed by atoms with Crippen LogP contribution in [0.5, 0.6) is 5.75 Å². The minimum absolute atomic E-state index is 0.0395. The number of halogens is 2. The molecule has 0 aliphatic rings. The van der Waals surface area contributed by atoms with Crippen LogP contribution in [-0.4, -0.2) is 30.1 Å². The van der Waals surface area contributed by atoms with E-state index in [9.17, 15) is 12.8 Å². The number of hydrogen-bond donors (Lipinski definition) is 1. The largest absolute Gasteiger partial charge is 0.493 e. The summed E-state index contributed by atoms with van der Waals surface area (Å²) >= 11 is 2.98. The van der Waals surface area contributed by atoms with Gasteiger partial charge in [-0.1, -0.05) is 13.0 Å². The van der Waals surface area contributed by atoms with E-state index in [0.29, 0.717) is 5.52 Å². The summed E-state index contributed by atoms with van der Waals surface area (Å²) in [5.41, 5.74) is 1.42. The number of pyridine rings is 2. The molecule has 10 heteroatoms. The van der Waals surface area contributed by atoms with Crippen LogP contribution in [0.25, 0.3) is 5.52 Å². The summed E-state index contributed by atoms with van der Waals surface area (Å²) in [5.74, 6) is -1.01. The topological polar surface area (TPSA) is 85.6 Å². The molecule has 0 saturated carbocycles. The fourth-order valence-electron chi connectivity index (χ4n) is 2.28. The number of rotatable bonds is 5. The Balaban J connectivity index is 2.05. The van der Waals surface area contributed by atoms with Crippen molar-refractivity contribution in [2.24, 2.45) is 0 Å². The van der Waals surface area contributed by atoms with Crippen molar-refractivity contribution in [1.82, 2.24) is 14.6 Å². The summed E-state index contributed by atoms with van der Waals surface area (Å²) in [6.07, 6.45) is 3.79. The van der Waals surface area contributed by atoms with Crippen LogP contribution in [0.15, 0.2) is 40.0 Å². The van der Waals surface area contributed by atoms with Crippen LogP contribution in [0, 0.1) is 5.95 Å². The highest BCUT2D eigenvalue weighted by molar-refractivity contribution is 9.10. The molecule has 0 unspecified atom stereocenters. The van der Waals surface area contributed by atoms with Gasteiger partial charge in [-0.2, -0.15) is 14.5 Å². The zero-order valence-corrected chi connectivity index (χ0v) is 15.7. The summed E-state index contributed by atoms with van der Waals surface area (Å²) < 4.78 is 47.9. The van der Waals surface area contributed by atoms with E-state index in [1.165, 1.54) is 23.9 Å². The molecule has 3 aromatic rings. The van der Waals surface area contributed by atoms with E-state index in [4.69, 9.17) is 4.74 Å². The molecule has 0 aromatic carbocycles. The summed E-state index contributed by atoms with van der Waals surface area (Å²) in [6, 6.07) is 4.80. The van der Waals surface area contributed by atoms with Crippen LogP contribution < -0.4 is 9.46 Å². The molecule has 0 amide bonds. The molecule has 3 heterocycles. The van der Waals surface area contributed by atoms with Gasteiger partial charge in [-0.05, 0) is 34.0 Å². The number of anilines is 1. The molecule has 3 aromatic heterocycles. The number of methoxy groups -OCH3 is 1. The summed E-state index contributed by atoms with van der Waals surface area (Å²) in [4.78, 5) is 3.55. The Morgan fingerprint density at radius 2 is 2.16 bits per heavy atom. The number of fused-ring (bicyclic) bond motifs is 1. The highest BCUT2D eigenvalue weighted by atomic mass is 79.9. The van der Waals surface area contributed by atoms with Gasteiger partial charge in [0.05, 0.1) is 23.3 Å². The first kappa shape index (κ1) is 17.6. The first-order valence-corrected chi connectivity index (χ1v) is 9.52. The second-order valence-electron chi connectivity index (χ2n) is 5.15. The van der Waals surface area contributed by atoms with Crippen LogP contribution in [0.3, 0.4) is 0 Å². The second-order valence-corrected chi connectivity index (χ2v) is 7.65. The van der Waals surface area contributed by atoms with Gasteiger partial charge in [-0.15, -0.1) is 0 Å². The molecule has 0 bridgehead atoms. The van der Waals surface area contributed by atoms with Gasteiger partial charge in [-0.3, -0.25) is 4.72 Å². The normalized spacial score (nSPS) is 11.7. The maximum atomic E-state index is 13.7. The molecule has 0 atom stereocenters. The Hall–Kier alpha value is -2.20. The lowest BCUT2D eigenvalue weighted by Gasteiger charge is -2.11. The quantitative estimate of drug-likeness (QED) is 0.631. The van der Waals surface area contributed by atoms with Crippen molar-refractivity contribution in [3.05, 3.63) is 46.6 Å². The van der Waals surface area contributed by atoms with Crippen molar-refractivity contribution >= 4 is 37.3 Å². The molecular weight excluding hydrogens is 415 g/mol. The number of aryl methyl sites for hydroxylation is 1. The average molecular weight is 429 g/mol. The molecule has 0 radical (unpaired) electrons. The monoisotopic (exact) mass is 428 g/mol. The molecule has 1 N–H and O–H groups in total. The lowest BCUT2D eigenvalue weighted by Crippen LogP contribution is -2.15. The first-order chi connectivity index (χ1) is 11.9. The van der Waals surface area contributed by atoms with Crippen molar-refractivity contribution in [2.75, 3.05) is 11.8 Å². The zero-order chi connectivity index (χ0) is 18.2. The Morgan fingerprint density at radius 1 is 1.40 bits per heavy atom. The number of nitrogens with zero attached hydrogens (tertiary/aromatic N) is 3. The highest BCUT2D eigenvalue weighted by Gasteiger charge is 2.23. The number of hydrogen-bond acceptors (Lipinski definition) is 5. The third kappa shape index (κ3) is 3.31. The van der Waals surface area contributed by atoms with Gasteiger partial charge >= 0.3 is 0 Å². The van der Waals surface area contributed by atoms with E-state index in [2.05, 4.69) is 30.7 Å². The standard InChI is InChI=1S/C15H14BrFN4O3S/c1-3-9-4-5-11-13(7-18-21(11)8-9)25(22,23)20-15-12(24-2)6-10(16)14(17)19-15/h4-8H,3H2,1-2H3,(H,19,20). The van der Waals surface area contributed by atoms with E-state index in [0.717, 1.165) is 12.0 Å². The molecule has 0 saturated heterocycles. The van der Waals surface area contributed by atoms with E-state index in [-0.39, 0.29) is 20.9 Å². The smallest absolute Gasteiger partial charge is 0.266 e. The minimum atomic E-state index is -4.04. The van der Waals surface area contributed by atoms with Crippen LogP contribution in [0.2, 0.25) is 0 Å². The van der Waals surface area contributed by atoms with Crippen LogP contribution in [-0.2, 0) is 16.4 Å². The molecule has 25 heavy (non-hydrogen) atoms. The van der Waals surface area contributed by atoms with Crippen LogP contribution in [0.4, 0.5) is 10.2 Å². The number of ether oxygens (including phenoxy) is 1. The van der Waals surface area contributed by atoms with Crippen LogP contribution in [0.1, 0.15) is 12.5 Å². The summed E-state index contributed by atoms with van der Waals surface area (Å²) in [5, 5.41) is 4.07. The molecule has 0 aliphatic carbocycles. The summed E-state index contributed by atoms with van der Waals surface area (Å²) in [6.45, 7) is 1.99. The molecule has 3 rings (SSSR count). The predicted molar refractivity (Wildman–Crippen MR) is 93.8 cm³/mol. The molecule has 7 nitrogen and oxygen atoms in total. The van der Waals surface area contributed by atoms with Gasteiger partial charge in [0.15, 0.2) is 11.6 Å². The highest BCUT2D eigenvalue weighted by Crippen LogP contribution is 2.30. The van der Waals surface area contributed by atoms with Gasteiger partial charge in [-0.25, -0.2) is 12.9 Å². The van der Waals surface area contributed by atoms with Crippen molar-refractivity contribution in [2.45, 2.75) is 18.2 Å². The van der Waals surface area contributed by atoms with Crippen LogP contribution >= 0.6 is 15.9 Å². The maximum Gasteiger partial charge on any atom is 0.266 e. The molecule has 132 valence electrons. The number of nitrogens with one attached hydrogen (secondary N) is 1. The Morgan fingerprint density at radius 3 is 2.84 bits per heavy atom. The molecule has 0 spiro atoms. The lowest BCUT2D eigenvalue weighted by atomic mass is 10.2. The third-order valence-corrected chi connectivity index (χ3v) is 5.50. The van der Waals surface area contributed by atoms with Gasteiger partial charge < -0.3 is 4.74 Å². The van der Waals surface area contributed by atoms with Gasteiger partial charge in [0.2, 0.25) is 5.95 Å². The van der Waals surface area contributed by atoms with Crippen molar-refractivity contribution in [3.8, 4) is 5.75 Å². The fourth-order valence-corrected chi connectivity index (χ4v) is 3.71. The van der Waals surface area contributed by atoms with Gasteiger partial charge in [0, 0.05) is 12.3 Å². The molecule has 0 aliphatic heterocycles. The van der Waals surface area contributed by atoms with E-state index in [1.807, 2.05) is 13.0 Å². The predicted octanol–water partition coefficient (Wildman–Crippen LogP) is 3.00. The van der Waals surface area contributed by atoms with E-state index >= 15 is 0 Å². The average Bonchev–Trinajstić information content (AvgIpc) is 3.01. The molecule has 0 fully saturated rings. The SMILES string of the molecule is CCc1ccc2c(S(=O)(=O)Nc3nc(F)c(Br)cc3OC)cnn2c1. The Labute approximate surface area is 152 Å². The Bertz CT molecular complexity index is 1050. The van der Waals surface area contributed by atoms with Gasteiger partial charge in [0.25, 0.3) is 10.0 Å². The molecular formula is C15H14BrFN4O3S. The summed E-state index contributed by atoms with van der Waals surface area (Å²) in [7, 11) is -2.70. The maximum absolute atomic E-state index is 13.7. The Kier molecular flexibility index (Phi) is 4.65. The van der Waals surface area contributed by atoms with Gasteiger partial charge in [0.1, 0.15) is 4.90 Å². The van der Waals surface area contributed by atoms with E-state index < -0.39 is 16.0 Å². The lowest BCUT2D eigenvalue weighted by molar-refractivity contribution is 0.412. The first-order valence-electron chi connectivity index (χ1n) is 7.25. The number of aromatic nitrogens is 3. The second kappa shape index (κ2) is 6.60. The van der Waals surface area contributed by atoms with E-state index in [1.54, 1.807) is 12.3 Å². The van der Waals surface area contributed by atoms with Crippen molar-refractivity contribution < 1.29 is 17.5 Å². The minimum Gasteiger partial charge on any atom is -0.493 e.